The minimum absolute atomic E-state index is 0.163. The molecule has 0 aromatic heterocycles. The summed E-state index contributed by atoms with van der Waals surface area (Å²) < 4.78 is 10.8. The van der Waals surface area contributed by atoms with Crippen LogP contribution in [0.3, 0.4) is 0 Å². The zero-order valence-corrected chi connectivity index (χ0v) is 14.6. The highest BCUT2D eigenvalue weighted by molar-refractivity contribution is 7.80. The highest BCUT2D eigenvalue weighted by Crippen LogP contribution is 2.32. The lowest BCUT2D eigenvalue weighted by molar-refractivity contribution is -0.123. The monoisotopic (exact) mass is 377 g/mol. The molecule has 6 nitrogen and oxygen atoms in total. The van der Waals surface area contributed by atoms with Crippen molar-refractivity contribution in [1.29, 1.82) is 0 Å². The van der Waals surface area contributed by atoms with Gasteiger partial charge in [-0.15, -0.1) is 0 Å². The smallest absolute Gasteiger partial charge is 0.276 e. The number of carbonyl (C=O) groups excluding carboxylic acids is 1. The Kier molecular flexibility index (Phi) is 7.16. The van der Waals surface area contributed by atoms with E-state index in [0.717, 1.165) is 19.4 Å². The number of ether oxygens (including phenoxy) is 2. The van der Waals surface area contributed by atoms with Gasteiger partial charge in [-0.1, -0.05) is 29.3 Å². The van der Waals surface area contributed by atoms with E-state index in [9.17, 15) is 4.79 Å². The van der Waals surface area contributed by atoms with Gasteiger partial charge in [-0.2, -0.15) is 0 Å². The summed E-state index contributed by atoms with van der Waals surface area (Å²) in [5, 5.41) is 3.96. The van der Waals surface area contributed by atoms with E-state index in [4.69, 9.17) is 44.9 Å². The lowest BCUT2D eigenvalue weighted by Crippen LogP contribution is -2.49. The average Bonchev–Trinajstić information content (AvgIpc) is 3.04. The molecule has 0 spiro atoms. The first kappa shape index (κ1) is 18.1. The molecule has 0 aliphatic carbocycles. The topological polar surface area (TPSA) is 71.6 Å². The van der Waals surface area contributed by atoms with Crippen LogP contribution >= 0.6 is 35.4 Å². The van der Waals surface area contributed by atoms with E-state index in [-0.39, 0.29) is 18.5 Å². The highest BCUT2D eigenvalue weighted by Gasteiger charge is 2.15. The van der Waals surface area contributed by atoms with Crippen LogP contribution in [0.5, 0.6) is 5.75 Å². The van der Waals surface area contributed by atoms with Crippen molar-refractivity contribution in [2.24, 2.45) is 0 Å². The van der Waals surface area contributed by atoms with Crippen LogP contribution < -0.4 is 20.9 Å². The third-order valence-corrected chi connectivity index (χ3v) is 3.94. The molecule has 1 aliphatic rings. The van der Waals surface area contributed by atoms with Crippen LogP contribution in [0.4, 0.5) is 0 Å². The lowest BCUT2D eigenvalue weighted by atomic mass is 10.2. The Hall–Kier alpha value is -1.28. The van der Waals surface area contributed by atoms with Crippen molar-refractivity contribution in [1.82, 2.24) is 16.2 Å². The third kappa shape index (κ3) is 6.02. The second kappa shape index (κ2) is 9.12. The summed E-state index contributed by atoms with van der Waals surface area (Å²) in [7, 11) is 0. The fourth-order valence-electron chi connectivity index (χ4n) is 1.98. The molecule has 2 rings (SSSR count). The predicted molar refractivity (Wildman–Crippen MR) is 92.8 cm³/mol. The minimum Gasteiger partial charge on any atom is -0.481 e. The van der Waals surface area contributed by atoms with E-state index in [1.54, 1.807) is 18.2 Å². The maximum Gasteiger partial charge on any atom is 0.276 e. The molecule has 1 aliphatic heterocycles. The molecule has 1 aromatic rings. The van der Waals surface area contributed by atoms with Gasteiger partial charge in [-0.05, 0) is 37.2 Å². The van der Waals surface area contributed by atoms with Gasteiger partial charge in [0.25, 0.3) is 5.91 Å². The SMILES string of the molecule is O=C(COc1c(Cl)cccc1Cl)NNC(=S)NCC1CCCO1. The molecule has 0 saturated carbocycles. The van der Waals surface area contributed by atoms with Crippen molar-refractivity contribution in [3.05, 3.63) is 28.2 Å². The molecule has 0 radical (unpaired) electrons. The Morgan fingerprint density at radius 3 is 2.74 bits per heavy atom. The number of nitrogens with one attached hydrogen (secondary N) is 3. The number of para-hydroxylation sites is 1. The summed E-state index contributed by atoms with van der Waals surface area (Å²) in [6, 6.07) is 4.95. The van der Waals surface area contributed by atoms with E-state index >= 15 is 0 Å². The molecule has 0 bridgehead atoms. The molecule has 23 heavy (non-hydrogen) atoms. The molecule has 1 saturated heterocycles. The van der Waals surface area contributed by atoms with Crippen molar-refractivity contribution >= 4 is 46.4 Å². The summed E-state index contributed by atoms with van der Waals surface area (Å²) in [6.45, 7) is 1.14. The fraction of sp³-hybridized carbons (Fsp3) is 0.429. The normalized spacial score (nSPS) is 16.7. The molecular formula is C14H17Cl2N3O3S. The number of benzene rings is 1. The maximum atomic E-state index is 11.7. The number of amides is 1. The lowest BCUT2D eigenvalue weighted by Gasteiger charge is -2.15. The first-order valence-corrected chi connectivity index (χ1v) is 8.24. The largest absolute Gasteiger partial charge is 0.481 e. The molecule has 1 unspecified atom stereocenters. The predicted octanol–water partition coefficient (Wildman–Crippen LogP) is 2.05. The van der Waals surface area contributed by atoms with Crippen molar-refractivity contribution in [2.75, 3.05) is 19.8 Å². The molecular weight excluding hydrogens is 361 g/mol. The molecule has 1 heterocycles. The van der Waals surface area contributed by atoms with Crippen molar-refractivity contribution in [3.63, 3.8) is 0 Å². The Morgan fingerprint density at radius 2 is 2.09 bits per heavy atom. The molecule has 126 valence electrons. The molecule has 9 heteroatoms. The summed E-state index contributed by atoms with van der Waals surface area (Å²) in [6.07, 6.45) is 2.23. The Balaban J connectivity index is 1.65. The number of hydrazine groups is 1. The van der Waals surface area contributed by atoms with Gasteiger partial charge in [0.2, 0.25) is 0 Å². The van der Waals surface area contributed by atoms with Gasteiger partial charge >= 0.3 is 0 Å². The van der Waals surface area contributed by atoms with Gasteiger partial charge in [0.1, 0.15) is 0 Å². The van der Waals surface area contributed by atoms with E-state index in [0.29, 0.717) is 21.7 Å². The fourth-order valence-corrected chi connectivity index (χ4v) is 2.62. The Bertz CT molecular complexity index is 548. The van der Waals surface area contributed by atoms with Crippen LogP contribution in [0.2, 0.25) is 10.0 Å². The first-order chi connectivity index (χ1) is 11.1. The van der Waals surface area contributed by atoms with Crippen LogP contribution in [0.15, 0.2) is 18.2 Å². The van der Waals surface area contributed by atoms with E-state index in [1.807, 2.05) is 0 Å². The van der Waals surface area contributed by atoms with Gasteiger partial charge in [-0.3, -0.25) is 15.6 Å². The molecule has 1 atom stereocenters. The second-order valence-electron chi connectivity index (χ2n) is 4.86. The van der Waals surface area contributed by atoms with Crippen LogP contribution in [-0.2, 0) is 9.53 Å². The van der Waals surface area contributed by atoms with Gasteiger partial charge in [0.05, 0.1) is 16.1 Å². The molecule has 1 aromatic carbocycles. The number of hydrogen-bond donors (Lipinski definition) is 3. The highest BCUT2D eigenvalue weighted by atomic mass is 35.5. The van der Waals surface area contributed by atoms with Crippen molar-refractivity contribution < 1.29 is 14.3 Å². The summed E-state index contributed by atoms with van der Waals surface area (Å²) >= 11 is 16.9. The van der Waals surface area contributed by atoms with Crippen LogP contribution in [0.25, 0.3) is 0 Å². The van der Waals surface area contributed by atoms with E-state index < -0.39 is 5.91 Å². The number of rotatable bonds is 5. The number of halogens is 2. The van der Waals surface area contributed by atoms with Gasteiger partial charge in [-0.25, -0.2) is 0 Å². The molecule has 3 N–H and O–H groups in total. The zero-order valence-electron chi connectivity index (χ0n) is 12.2. The summed E-state index contributed by atoms with van der Waals surface area (Å²) in [4.78, 5) is 11.7. The number of thiocarbonyl (C=S) groups is 1. The van der Waals surface area contributed by atoms with Crippen molar-refractivity contribution in [2.45, 2.75) is 18.9 Å². The standard InChI is InChI=1S/C14H17Cl2N3O3S/c15-10-4-1-5-11(16)13(10)22-8-12(20)18-19-14(23)17-7-9-3-2-6-21-9/h1,4-5,9H,2-3,6-8H2,(H,18,20)(H2,17,19,23). The Labute approximate surface area is 149 Å². The van der Waals surface area contributed by atoms with Gasteiger partial charge in [0, 0.05) is 13.2 Å². The Morgan fingerprint density at radius 1 is 1.35 bits per heavy atom. The number of hydrogen-bond acceptors (Lipinski definition) is 4. The van der Waals surface area contributed by atoms with Crippen LogP contribution in [0, 0.1) is 0 Å². The maximum absolute atomic E-state index is 11.7. The summed E-state index contributed by atoms with van der Waals surface area (Å²) in [5.41, 5.74) is 5.01. The van der Waals surface area contributed by atoms with Crippen LogP contribution in [-0.4, -0.2) is 36.9 Å². The second-order valence-corrected chi connectivity index (χ2v) is 6.08. The van der Waals surface area contributed by atoms with Gasteiger partial charge in [0.15, 0.2) is 17.5 Å². The molecule has 1 fully saturated rings. The average molecular weight is 378 g/mol. The number of carbonyl (C=O) groups is 1. The van der Waals surface area contributed by atoms with E-state index in [2.05, 4.69) is 16.2 Å². The van der Waals surface area contributed by atoms with E-state index in [1.165, 1.54) is 0 Å². The van der Waals surface area contributed by atoms with Crippen molar-refractivity contribution in [3.8, 4) is 5.75 Å². The minimum atomic E-state index is -0.415. The third-order valence-electron chi connectivity index (χ3n) is 3.10. The first-order valence-electron chi connectivity index (χ1n) is 7.07. The van der Waals surface area contributed by atoms with Gasteiger partial charge < -0.3 is 14.8 Å². The summed E-state index contributed by atoms with van der Waals surface area (Å²) in [5.74, 6) is -0.146. The quantitative estimate of drug-likeness (QED) is 0.538. The molecule has 1 amide bonds. The zero-order chi connectivity index (χ0) is 16.7. The van der Waals surface area contributed by atoms with Crippen LogP contribution in [0.1, 0.15) is 12.8 Å².